The molecular formula is C10H18BrN. The van der Waals surface area contributed by atoms with Crippen LogP contribution in [-0.2, 0) is 0 Å². The molecular weight excluding hydrogens is 214 g/mol. The summed E-state index contributed by atoms with van der Waals surface area (Å²) in [5, 5.41) is 3.51. The van der Waals surface area contributed by atoms with Gasteiger partial charge in [-0.15, -0.1) is 0 Å². The first-order valence-electron chi connectivity index (χ1n) is 4.75. The van der Waals surface area contributed by atoms with Crippen molar-refractivity contribution in [2.75, 3.05) is 6.54 Å². The van der Waals surface area contributed by atoms with Gasteiger partial charge in [0, 0.05) is 17.1 Å². The standard InChI is InChI=1S/C10H18BrN/c1-8-4-3-5-10(6-8)12-7-9(2)11/h8,10,12H,2-7H2,1H3. The van der Waals surface area contributed by atoms with Crippen LogP contribution in [0.5, 0.6) is 0 Å². The summed E-state index contributed by atoms with van der Waals surface area (Å²) in [6, 6.07) is 0.725. The molecule has 0 aliphatic heterocycles. The van der Waals surface area contributed by atoms with Crippen molar-refractivity contribution >= 4 is 15.9 Å². The molecule has 0 aromatic carbocycles. The predicted molar refractivity (Wildman–Crippen MR) is 57.5 cm³/mol. The molecule has 0 aromatic rings. The van der Waals surface area contributed by atoms with E-state index in [1.54, 1.807) is 0 Å². The van der Waals surface area contributed by atoms with Crippen LogP contribution in [0.1, 0.15) is 32.6 Å². The molecule has 0 bridgehead atoms. The Morgan fingerprint density at radius 1 is 1.58 bits per heavy atom. The maximum Gasteiger partial charge on any atom is 0.0268 e. The smallest absolute Gasteiger partial charge is 0.0268 e. The lowest BCUT2D eigenvalue weighted by Gasteiger charge is -2.27. The predicted octanol–water partition coefficient (Wildman–Crippen LogP) is 3.06. The molecule has 1 saturated carbocycles. The van der Waals surface area contributed by atoms with Gasteiger partial charge < -0.3 is 5.32 Å². The third-order valence-corrected chi connectivity index (χ3v) is 2.80. The highest BCUT2D eigenvalue weighted by Crippen LogP contribution is 2.23. The Morgan fingerprint density at radius 3 is 2.92 bits per heavy atom. The maximum atomic E-state index is 3.81. The lowest BCUT2D eigenvalue weighted by Crippen LogP contribution is -2.34. The zero-order chi connectivity index (χ0) is 8.97. The van der Waals surface area contributed by atoms with Gasteiger partial charge in [0.2, 0.25) is 0 Å². The Labute approximate surface area is 83.7 Å². The molecule has 2 heteroatoms. The van der Waals surface area contributed by atoms with E-state index in [4.69, 9.17) is 0 Å². The van der Waals surface area contributed by atoms with Crippen molar-refractivity contribution in [1.29, 1.82) is 0 Å². The Kier molecular flexibility index (Phi) is 4.30. The second-order valence-corrected chi connectivity index (χ2v) is 4.99. The van der Waals surface area contributed by atoms with Crippen LogP contribution in [-0.4, -0.2) is 12.6 Å². The first-order valence-corrected chi connectivity index (χ1v) is 5.54. The van der Waals surface area contributed by atoms with Gasteiger partial charge in [-0.05, 0) is 18.8 Å². The summed E-state index contributed by atoms with van der Waals surface area (Å²) in [6.45, 7) is 7.07. The summed E-state index contributed by atoms with van der Waals surface area (Å²) in [7, 11) is 0. The highest BCUT2D eigenvalue weighted by molar-refractivity contribution is 9.11. The highest BCUT2D eigenvalue weighted by atomic mass is 79.9. The third kappa shape index (κ3) is 3.72. The van der Waals surface area contributed by atoms with Crippen molar-refractivity contribution in [1.82, 2.24) is 5.32 Å². The molecule has 1 rings (SSSR count). The second-order valence-electron chi connectivity index (χ2n) is 3.87. The lowest BCUT2D eigenvalue weighted by atomic mass is 9.87. The van der Waals surface area contributed by atoms with Gasteiger partial charge in [0.05, 0.1) is 0 Å². The molecule has 0 heterocycles. The first kappa shape index (κ1) is 10.3. The van der Waals surface area contributed by atoms with Crippen molar-refractivity contribution < 1.29 is 0 Å². The molecule has 2 unspecified atom stereocenters. The van der Waals surface area contributed by atoms with Gasteiger partial charge in [0.25, 0.3) is 0 Å². The molecule has 1 nitrogen and oxygen atoms in total. The number of hydrogen-bond acceptors (Lipinski definition) is 1. The molecule has 0 radical (unpaired) electrons. The van der Waals surface area contributed by atoms with Gasteiger partial charge in [-0.25, -0.2) is 0 Å². The Bertz CT molecular complexity index is 156. The lowest BCUT2D eigenvalue weighted by molar-refractivity contribution is 0.308. The minimum absolute atomic E-state index is 0.725. The van der Waals surface area contributed by atoms with Crippen molar-refractivity contribution in [2.24, 2.45) is 5.92 Å². The summed E-state index contributed by atoms with van der Waals surface area (Å²) < 4.78 is 1.06. The molecule has 2 atom stereocenters. The summed E-state index contributed by atoms with van der Waals surface area (Å²) in [6.07, 6.45) is 5.46. The minimum atomic E-state index is 0.725. The van der Waals surface area contributed by atoms with Crippen LogP contribution in [0.4, 0.5) is 0 Å². The van der Waals surface area contributed by atoms with Gasteiger partial charge in [-0.2, -0.15) is 0 Å². The molecule has 0 amide bonds. The van der Waals surface area contributed by atoms with E-state index in [1.807, 2.05) is 0 Å². The van der Waals surface area contributed by atoms with E-state index in [0.29, 0.717) is 0 Å². The van der Waals surface area contributed by atoms with Crippen molar-refractivity contribution in [3.8, 4) is 0 Å². The zero-order valence-corrected chi connectivity index (χ0v) is 9.36. The van der Waals surface area contributed by atoms with E-state index >= 15 is 0 Å². The fourth-order valence-electron chi connectivity index (χ4n) is 1.87. The molecule has 1 fully saturated rings. The molecule has 0 spiro atoms. The average molecular weight is 232 g/mol. The van der Waals surface area contributed by atoms with Gasteiger partial charge in [-0.3, -0.25) is 0 Å². The van der Waals surface area contributed by atoms with Crippen LogP contribution < -0.4 is 5.32 Å². The summed E-state index contributed by atoms with van der Waals surface area (Å²) in [5.74, 6) is 0.903. The van der Waals surface area contributed by atoms with E-state index < -0.39 is 0 Å². The van der Waals surface area contributed by atoms with E-state index in [9.17, 15) is 0 Å². The van der Waals surface area contributed by atoms with E-state index in [1.165, 1.54) is 25.7 Å². The van der Waals surface area contributed by atoms with Crippen LogP contribution in [0.25, 0.3) is 0 Å². The van der Waals surface area contributed by atoms with Gasteiger partial charge in [0.1, 0.15) is 0 Å². The van der Waals surface area contributed by atoms with E-state index in [-0.39, 0.29) is 0 Å². The zero-order valence-electron chi connectivity index (χ0n) is 7.78. The van der Waals surface area contributed by atoms with Gasteiger partial charge >= 0.3 is 0 Å². The fourth-order valence-corrected chi connectivity index (χ4v) is 2.04. The van der Waals surface area contributed by atoms with E-state index in [2.05, 4.69) is 34.7 Å². The van der Waals surface area contributed by atoms with Gasteiger partial charge in [0.15, 0.2) is 0 Å². The van der Waals surface area contributed by atoms with Crippen LogP contribution in [0.3, 0.4) is 0 Å². The van der Waals surface area contributed by atoms with E-state index in [0.717, 1.165) is 23.0 Å². The van der Waals surface area contributed by atoms with Crippen molar-refractivity contribution in [3.63, 3.8) is 0 Å². The first-order chi connectivity index (χ1) is 5.68. The third-order valence-electron chi connectivity index (χ3n) is 2.52. The number of nitrogens with one attached hydrogen (secondary N) is 1. The highest BCUT2D eigenvalue weighted by Gasteiger charge is 2.17. The fraction of sp³-hybridized carbons (Fsp3) is 0.800. The summed E-state index contributed by atoms with van der Waals surface area (Å²) in [4.78, 5) is 0. The summed E-state index contributed by atoms with van der Waals surface area (Å²) >= 11 is 3.36. The Balaban J connectivity index is 2.18. The normalized spacial score (nSPS) is 30.2. The monoisotopic (exact) mass is 231 g/mol. The molecule has 1 N–H and O–H groups in total. The van der Waals surface area contributed by atoms with Crippen LogP contribution in [0.15, 0.2) is 11.1 Å². The molecule has 1 aliphatic carbocycles. The molecule has 0 aromatic heterocycles. The molecule has 70 valence electrons. The largest absolute Gasteiger partial charge is 0.309 e. The van der Waals surface area contributed by atoms with Crippen LogP contribution in [0.2, 0.25) is 0 Å². The molecule has 1 aliphatic rings. The average Bonchev–Trinajstić information content (AvgIpc) is 2.01. The second kappa shape index (κ2) is 5.03. The number of hydrogen-bond donors (Lipinski definition) is 1. The SMILES string of the molecule is C=C(Br)CNC1CCCC(C)C1. The van der Waals surface area contributed by atoms with Gasteiger partial charge in [-0.1, -0.05) is 42.3 Å². The number of halogens is 1. The quantitative estimate of drug-likeness (QED) is 0.788. The van der Waals surface area contributed by atoms with Crippen molar-refractivity contribution in [3.05, 3.63) is 11.1 Å². The number of rotatable bonds is 3. The topological polar surface area (TPSA) is 12.0 Å². The Hall–Kier alpha value is 0.180. The molecule has 12 heavy (non-hydrogen) atoms. The maximum absolute atomic E-state index is 3.81. The molecule has 0 saturated heterocycles. The summed E-state index contributed by atoms with van der Waals surface area (Å²) in [5.41, 5.74) is 0. The Morgan fingerprint density at radius 2 is 2.33 bits per heavy atom. The van der Waals surface area contributed by atoms with Crippen LogP contribution >= 0.6 is 15.9 Å². The van der Waals surface area contributed by atoms with Crippen molar-refractivity contribution in [2.45, 2.75) is 38.6 Å². The van der Waals surface area contributed by atoms with Crippen LogP contribution in [0, 0.1) is 5.92 Å². The minimum Gasteiger partial charge on any atom is -0.309 e.